The fourth-order valence-electron chi connectivity index (χ4n) is 9.04. The lowest BCUT2D eigenvalue weighted by atomic mass is 9.64. The summed E-state index contributed by atoms with van der Waals surface area (Å²) in [5.41, 5.74) is 0.441. The van der Waals surface area contributed by atoms with Gasteiger partial charge >= 0.3 is 0 Å². The second kappa shape index (κ2) is 14.7. The number of halogens is 2. The summed E-state index contributed by atoms with van der Waals surface area (Å²) in [6.07, 6.45) is 26.4. The number of rotatable bonds is 9. The minimum absolute atomic E-state index is 0.00179. The van der Waals surface area contributed by atoms with Crippen LogP contribution in [0.15, 0.2) is 24.3 Å². The Hall–Kier alpha value is -1.42. The average Bonchev–Trinajstić information content (AvgIpc) is 3.01. The zero-order chi connectivity index (χ0) is 27.9. The second-order valence-corrected chi connectivity index (χ2v) is 13.6. The third kappa shape index (κ3) is 7.31. The lowest BCUT2D eigenvalue weighted by Gasteiger charge is -2.43. The predicted molar refractivity (Wildman–Crippen MR) is 160 cm³/mol. The molecule has 40 heavy (non-hydrogen) atoms. The number of hydrogen-bond acceptors (Lipinski definition) is 2. The molecule has 2 atom stereocenters. The van der Waals surface area contributed by atoms with E-state index in [4.69, 9.17) is 9.47 Å². The molecule has 0 spiro atoms. The van der Waals surface area contributed by atoms with Gasteiger partial charge in [-0.2, -0.15) is 4.39 Å². The van der Waals surface area contributed by atoms with Crippen molar-refractivity contribution < 1.29 is 18.3 Å². The molecule has 1 aromatic carbocycles. The van der Waals surface area contributed by atoms with Crippen molar-refractivity contribution in [3.63, 3.8) is 0 Å². The first-order valence-corrected chi connectivity index (χ1v) is 16.9. The maximum absolute atomic E-state index is 14.7. The molecule has 2 nitrogen and oxygen atoms in total. The maximum Gasteiger partial charge on any atom is 0.200 e. The summed E-state index contributed by atoms with van der Waals surface area (Å²) >= 11 is 0. The van der Waals surface area contributed by atoms with Gasteiger partial charge in [-0.05, 0) is 151 Å². The van der Waals surface area contributed by atoms with Crippen molar-refractivity contribution in [3.05, 3.63) is 41.5 Å². The van der Waals surface area contributed by atoms with Crippen LogP contribution in [-0.2, 0) is 4.74 Å². The Kier molecular flexibility index (Phi) is 11.0. The summed E-state index contributed by atoms with van der Waals surface area (Å²) in [5.74, 6) is 3.80. The van der Waals surface area contributed by atoms with E-state index in [2.05, 4.69) is 19.1 Å². The van der Waals surface area contributed by atoms with E-state index in [0.29, 0.717) is 24.7 Å². The molecule has 2 unspecified atom stereocenters. The maximum atomic E-state index is 14.7. The number of allylic oxidation sites excluding steroid dienone is 2. The highest BCUT2D eigenvalue weighted by molar-refractivity contribution is 5.33. The first kappa shape index (κ1) is 30.1. The largest absolute Gasteiger partial charge is 0.491 e. The molecule has 1 heterocycles. The zero-order valence-corrected chi connectivity index (χ0v) is 25.2. The zero-order valence-electron chi connectivity index (χ0n) is 25.2. The second-order valence-electron chi connectivity index (χ2n) is 13.6. The van der Waals surface area contributed by atoms with Gasteiger partial charge in [-0.3, -0.25) is 0 Å². The Morgan fingerprint density at radius 2 is 1.32 bits per heavy atom. The molecule has 224 valence electrons. The topological polar surface area (TPSA) is 18.5 Å². The van der Waals surface area contributed by atoms with Gasteiger partial charge in [0.25, 0.3) is 0 Å². The molecule has 0 N–H and O–H groups in total. The Labute approximate surface area is 242 Å². The third-order valence-electron chi connectivity index (χ3n) is 11.5. The van der Waals surface area contributed by atoms with Crippen LogP contribution < -0.4 is 4.74 Å². The first-order chi connectivity index (χ1) is 19.6. The van der Waals surface area contributed by atoms with Crippen molar-refractivity contribution >= 4 is 0 Å². The molecule has 4 fully saturated rings. The van der Waals surface area contributed by atoms with Crippen LogP contribution in [0.2, 0.25) is 0 Å². The Balaban J connectivity index is 1.01. The van der Waals surface area contributed by atoms with Gasteiger partial charge in [0.1, 0.15) is 0 Å². The monoisotopic (exact) mass is 556 g/mol. The summed E-state index contributed by atoms with van der Waals surface area (Å²) < 4.78 is 40.7. The van der Waals surface area contributed by atoms with Gasteiger partial charge in [-0.25, -0.2) is 4.39 Å². The molecule has 4 heteroatoms. The van der Waals surface area contributed by atoms with E-state index in [1.54, 1.807) is 19.1 Å². The summed E-state index contributed by atoms with van der Waals surface area (Å²) in [7, 11) is 0. The SMILES string of the molecule is CC=CCCC1CCC(C2CCC(C3CCC(C4CCC(c5ccc(OCC)c(F)c5F)CO4)CC3)CC2)CC1. The molecule has 0 radical (unpaired) electrons. The molecule has 1 aliphatic heterocycles. The lowest BCUT2D eigenvalue weighted by molar-refractivity contribution is -0.0471. The van der Waals surface area contributed by atoms with E-state index in [-0.39, 0.29) is 17.8 Å². The van der Waals surface area contributed by atoms with E-state index in [9.17, 15) is 8.78 Å². The molecule has 0 bridgehead atoms. The number of hydrogen-bond donors (Lipinski definition) is 0. The van der Waals surface area contributed by atoms with E-state index in [0.717, 1.165) is 42.4 Å². The molecular formula is C36H54F2O2. The summed E-state index contributed by atoms with van der Waals surface area (Å²) in [5, 5.41) is 0. The number of ether oxygens (including phenoxy) is 2. The van der Waals surface area contributed by atoms with Gasteiger partial charge in [-0.1, -0.05) is 31.1 Å². The van der Waals surface area contributed by atoms with Crippen LogP contribution in [0.4, 0.5) is 8.78 Å². The van der Waals surface area contributed by atoms with Crippen LogP contribution in [0.1, 0.15) is 128 Å². The van der Waals surface area contributed by atoms with Crippen molar-refractivity contribution in [2.45, 2.75) is 129 Å². The van der Waals surface area contributed by atoms with Crippen molar-refractivity contribution in [1.82, 2.24) is 0 Å². The number of benzene rings is 1. The highest BCUT2D eigenvalue weighted by atomic mass is 19.2. The van der Waals surface area contributed by atoms with Crippen LogP contribution in [0.5, 0.6) is 5.75 Å². The van der Waals surface area contributed by atoms with E-state index in [1.165, 1.54) is 89.9 Å². The van der Waals surface area contributed by atoms with Crippen LogP contribution in [0, 0.1) is 47.1 Å². The predicted octanol–water partition coefficient (Wildman–Crippen LogP) is 10.4. The third-order valence-corrected chi connectivity index (χ3v) is 11.5. The fourth-order valence-corrected chi connectivity index (χ4v) is 9.04. The lowest BCUT2D eigenvalue weighted by Crippen LogP contribution is -2.35. The van der Waals surface area contributed by atoms with Crippen molar-refractivity contribution in [3.8, 4) is 5.75 Å². The van der Waals surface area contributed by atoms with E-state index >= 15 is 0 Å². The van der Waals surface area contributed by atoms with Gasteiger partial charge in [0.05, 0.1) is 19.3 Å². The summed E-state index contributed by atoms with van der Waals surface area (Å²) in [4.78, 5) is 0. The Morgan fingerprint density at radius 3 is 1.85 bits per heavy atom. The average molecular weight is 557 g/mol. The van der Waals surface area contributed by atoms with Crippen LogP contribution in [0.25, 0.3) is 0 Å². The molecule has 3 aliphatic carbocycles. The molecule has 0 aromatic heterocycles. The fraction of sp³-hybridized carbons (Fsp3) is 0.778. The minimum Gasteiger partial charge on any atom is -0.491 e. The summed E-state index contributed by atoms with van der Waals surface area (Å²) in [6, 6.07) is 3.26. The highest BCUT2D eigenvalue weighted by Gasteiger charge is 2.37. The molecule has 1 saturated heterocycles. The summed E-state index contributed by atoms with van der Waals surface area (Å²) in [6.45, 7) is 4.74. The molecule has 4 aliphatic rings. The molecule has 0 amide bonds. The molecule has 3 saturated carbocycles. The molecule has 5 rings (SSSR count). The van der Waals surface area contributed by atoms with Crippen LogP contribution in [0.3, 0.4) is 0 Å². The normalized spacial score (nSPS) is 35.6. The Bertz CT molecular complexity index is 928. The quantitative estimate of drug-likeness (QED) is 0.282. The van der Waals surface area contributed by atoms with Crippen molar-refractivity contribution in [1.29, 1.82) is 0 Å². The van der Waals surface area contributed by atoms with Crippen molar-refractivity contribution in [2.75, 3.05) is 13.2 Å². The van der Waals surface area contributed by atoms with Crippen molar-refractivity contribution in [2.24, 2.45) is 35.5 Å². The Morgan fingerprint density at radius 1 is 0.750 bits per heavy atom. The molecule has 1 aromatic rings. The highest BCUT2D eigenvalue weighted by Crippen LogP contribution is 2.47. The van der Waals surface area contributed by atoms with Gasteiger partial charge < -0.3 is 9.47 Å². The van der Waals surface area contributed by atoms with Crippen LogP contribution >= 0.6 is 0 Å². The van der Waals surface area contributed by atoms with E-state index < -0.39 is 11.6 Å². The minimum atomic E-state index is -0.864. The van der Waals surface area contributed by atoms with E-state index in [1.807, 2.05) is 0 Å². The van der Waals surface area contributed by atoms with Gasteiger partial charge in [-0.15, -0.1) is 0 Å². The van der Waals surface area contributed by atoms with Gasteiger partial charge in [0, 0.05) is 5.92 Å². The smallest absolute Gasteiger partial charge is 0.200 e. The van der Waals surface area contributed by atoms with Gasteiger partial charge in [0.2, 0.25) is 5.82 Å². The first-order valence-electron chi connectivity index (χ1n) is 16.9. The molecular weight excluding hydrogens is 502 g/mol. The van der Waals surface area contributed by atoms with Gasteiger partial charge in [0.15, 0.2) is 11.6 Å². The standard InChI is InChI=1S/C36H54F2O2/c1-3-5-6-7-25-8-10-26(11-9-25)27-12-14-28(15-13-27)29-16-18-30(19-17-29)33-22-20-31(24-40-33)32-21-23-34(39-4-2)36(38)35(32)37/h3,5,21,23,25-31,33H,4,6-20,22,24H2,1-2H3. The van der Waals surface area contributed by atoms with Crippen LogP contribution in [-0.4, -0.2) is 19.3 Å².